The van der Waals surface area contributed by atoms with E-state index in [-0.39, 0.29) is 57.9 Å². The lowest BCUT2D eigenvalue weighted by atomic mass is 9.65. The monoisotopic (exact) mass is 674 g/mol. The fourth-order valence-corrected chi connectivity index (χ4v) is 6.86. The molecular formula is C26H18Br4N2. The minimum atomic E-state index is 0. The number of halogens is 4. The van der Waals surface area contributed by atoms with Gasteiger partial charge in [0.1, 0.15) is 11.8 Å². The lowest BCUT2D eigenvalue weighted by Crippen LogP contribution is -3.00. The van der Waals surface area contributed by atoms with Crippen LogP contribution in [0.5, 0.6) is 0 Å². The van der Waals surface area contributed by atoms with Crippen molar-refractivity contribution in [1.82, 2.24) is 0 Å². The molecule has 4 aromatic rings. The smallest absolute Gasteiger partial charge is 0.200 e. The highest BCUT2D eigenvalue weighted by atomic mass is 79.9. The third kappa shape index (κ3) is 2.92. The van der Waals surface area contributed by atoms with Gasteiger partial charge >= 0.3 is 0 Å². The van der Waals surface area contributed by atoms with Gasteiger partial charge in [0.25, 0.3) is 0 Å². The van der Waals surface area contributed by atoms with Crippen LogP contribution in [0.4, 0.5) is 0 Å². The Kier molecular flexibility index (Phi) is 5.72. The van der Waals surface area contributed by atoms with Crippen molar-refractivity contribution < 1.29 is 43.1 Å². The van der Waals surface area contributed by atoms with Gasteiger partial charge in [0.05, 0.1) is 0 Å². The fraction of sp³-hybridized carbons (Fsp3) is 0.154. The van der Waals surface area contributed by atoms with E-state index in [9.17, 15) is 0 Å². The first-order valence-corrected chi connectivity index (χ1v) is 11.9. The lowest BCUT2D eigenvalue weighted by Gasteiger charge is -2.42. The molecule has 5 aliphatic heterocycles. The number of rotatable bonds is 0. The fourth-order valence-electron chi connectivity index (χ4n) is 6.10. The van der Waals surface area contributed by atoms with Crippen molar-refractivity contribution in [2.24, 2.45) is 0 Å². The first kappa shape index (κ1) is 22.5. The number of pyridine rings is 2. The molecule has 0 unspecified atom stereocenters. The molecule has 10 rings (SSSR count). The van der Waals surface area contributed by atoms with Gasteiger partial charge in [0, 0.05) is 44.3 Å². The summed E-state index contributed by atoms with van der Waals surface area (Å²) in [5.74, 6) is 0.504. The normalized spacial score (nSPS) is 22.8. The molecule has 0 spiro atoms. The molecule has 0 saturated heterocycles. The van der Waals surface area contributed by atoms with Crippen LogP contribution in [0.15, 0.2) is 94.1 Å². The zero-order valence-electron chi connectivity index (χ0n) is 16.8. The van der Waals surface area contributed by atoms with E-state index in [1.54, 1.807) is 0 Å². The van der Waals surface area contributed by atoms with E-state index >= 15 is 0 Å². The van der Waals surface area contributed by atoms with Gasteiger partial charge in [-0.25, -0.2) is 0 Å². The third-order valence-electron chi connectivity index (χ3n) is 7.12. The maximum Gasteiger partial charge on any atom is 0.200 e. The van der Waals surface area contributed by atoms with Crippen LogP contribution in [0, 0.1) is 0 Å². The van der Waals surface area contributed by atoms with Crippen molar-refractivity contribution >= 4 is 31.9 Å². The van der Waals surface area contributed by atoms with Gasteiger partial charge in [0.2, 0.25) is 12.1 Å². The average Bonchev–Trinajstić information content (AvgIpc) is 2.75. The summed E-state index contributed by atoms with van der Waals surface area (Å²) in [6.07, 6.45) is 4.56. The van der Waals surface area contributed by atoms with Crippen molar-refractivity contribution in [3.8, 4) is 0 Å². The summed E-state index contributed by atoms with van der Waals surface area (Å²) in [6, 6.07) is 27.6. The van der Waals surface area contributed by atoms with E-state index in [0.29, 0.717) is 0 Å². The Hall–Kier alpha value is -1.34. The second-order valence-corrected chi connectivity index (χ2v) is 10.3. The van der Waals surface area contributed by atoms with Gasteiger partial charge < -0.3 is 34.0 Å². The Balaban J connectivity index is 0.00000108. The highest BCUT2D eigenvalue weighted by molar-refractivity contribution is 9.10. The van der Waals surface area contributed by atoms with Crippen molar-refractivity contribution in [3.05, 3.63) is 128 Å². The van der Waals surface area contributed by atoms with Gasteiger partial charge in [-0.15, -0.1) is 0 Å². The molecule has 0 radical (unpaired) electrons. The minimum absolute atomic E-state index is 0. The van der Waals surface area contributed by atoms with Crippen LogP contribution < -0.4 is 43.1 Å². The average molecular weight is 678 g/mol. The Labute approximate surface area is 225 Å². The van der Waals surface area contributed by atoms with Crippen molar-refractivity contribution in [3.63, 3.8) is 0 Å². The van der Waals surface area contributed by atoms with Crippen LogP contribution in [0.3, 0.4) is 0 Å². The second kappa shape index (κ2) is 8.15. The summed E-state index contributed by atoms with van der Waals surface area (Å²) in [4.78, 5) is 0. The predicted octanol–water partition coefficient (Wildman–Crippen LogP) is -0.422. The van der Waals surface area contributed by atoms with Crippen LogP contribution in [-0.4, -0.2) is 0 Å². The van der Waals surface area contributed by atoms with Crippen molar-refractivity contribution in [2.45, 2.75) is 23.9 Å². The maximum atomic E-state index is 3.75. The first-order valence-electron chi connectivity index (χ1n) is 10.3. The molecule has 0 saturated carbocycles. The van der Waals surface area contributed by atoms with Gasteiger partial charge in [-0.1, -0.05) is 56.1 Å². The summed E-state index contributed by atoms with van der Waals surface area (Å²) in [5.41, 5.74) is 8.60. The molecule has 4 atom stereocenters. The zero-order valence-corrected chi connectivity index (χ0v) is 23.1. The van der Waals surface area contributed by atoms with Crippen LogP contribution in [-0.2, 0) is 0 Å². The molecule has 32 heavy (non-hydrogen) atoms. The SMILES string of the molecule is Brc1ccc2c(c1)[C@H]1c3cccc[n+]3[C@@H]2[C@H]2c3cc(Br)ccc3[C@@H]1[n+]1ccccc12.[Br-].[Br-]. The number of hydrogen-bond acceptors (Lipinski definition) is 0. The number of hydrogen-bond donors (Lipinski definition) is 0. The van der Waals surface area contributed by atoms with E-state index in [2.05, 4.69) is 126 Å². The van der Waals surface area contributed by atoms with E-state index < -0.39 is 0 Å². The van der Waals surface area contributed by atoms with E-state index in [1.165, 1.54) is 33.6 Å². The quantitative estimate of drug-likeness (QED) is 0.224. The Morgan fingerprint density at radius 2 is 0.969 bits per heavy atom. The molecule has 6 aliphatic rings. The summed E-state index contributed by atoms with van der Waals surface area (Å²) in [5, 5.41) is 0. The molecular weight excluding hydrogens is 660 g/mol. The molecule has 6 heteroatoms. The topological polar surface area (TPSA) is 7.76 Å². The summed E-state index contributed by atoms with van der Waals surface area (Å²) in [7, 11) is 0. The summed E-state index contributed by atoms with van der Waals surface area (Å²) >= 11 is 7.51. The largest absolute Gasteiger partial charge is 1.00 e. The van der Waals surface area contributed by atoms with Gasteiger partial charge in [-0.3, -0.25) is 0 Å². The molecule has 4 bridgehead atoms. The Morgan fingerprint density at radius 1 is 0.531 bits per heavy atom. The molecule has 0 N–H and O–H groups in total. The van der Waals surface area contributed by atoms with Gasteiger partial charge in [-0.05, 0) is 35.4 Å². The summed E-state index contributed by atoms with van der Waals surface area (Å²) < 4.78 is 7.39. The standard InChI is InChI=1S/C26H18Br2N2.2BrH/c27-15-7-9-17-19(13-15)23-21-5-1-3-11-29(21)26(17)24-20-14-16(28)8-10-18(20)25(23)30-12-4-2-6-22(24)30;;/h1-14,23-26H;2*1H/q+2;;/p-2/t23-,24-,25-,26-;;/m0../s1. The summed E-state index contributed by atoms with van der Waals surface area (Å²) in [6.45, 7) is 0. The molecule has 1 aliphatic carbocycles. The Morgan fingerprint density at radius 3 is 1.41 bits per heavy atom. The van der Waals surface area contributed by atoms with Crippen molar-refractivity contribution in [1.29, 1.82) is 0 Å². The van der Waals surface area contributed by atoms with E-state index in [4.69, 9.17) is 0 Å². The molecule has 160 valence electrons. The molecule has 7 heterocycles. The van der Waals surface area contributed by atoms with E-state index in [1.807, 2.05) is 0 Å². The number of benzene rings is 2. The zero-order chi connectivity index (χ0) is 20.0. The first-order chi connectivity index (χ1) is 14.7. The molecule has 2 aromatic carbocycles. The highest BCUT2D eigenvalue weighted by Gasteiger charge is 2.58. The third-order valence-corrected chi connectivity index (χ3v) is 8.11. The Bertz CT molecular complexity index is 1260. The minimum Gasteiger partial charge on any atom is -1.00 e. The van der Waals surface area contributed by atoms with Crippen LogP contribution in [0.25, 0.3) is 0 Å². The number of nitrogens with zero attached hydrogens (tertiary/aromatic N) is 2. The molecule has 0 fully saturated rings. The molecule has 2 aromatic heterocycles. The van der Waals surface area contributed by atoms with Gasteiger partial charge in [0.15, 0.2) is 23.8 Å². The van der Waals surface area contributed by atoms with Gasteiger partial charge in [-0.2, -0.15) is 9.13 Å². The predicted molar refractivity (Wildman–Crippen MR) is 122 cm³/mol. The lowest BCUT2D eigenvalue weighted by molar-refractivity contribution is -0.769. The second-order valence-electron chi connectivity index (χ2n) is 8.46. The van der Waals surface area contributed by atoms with Crippen LogP contribution in [0.1, 0.15) is 57.6 Å². The number of aromatic nitrogens is 2. The van der Waals surface area contributed by atoms with Crippen LogP contribution >= 0.6 is 31.9 Å². The van der Waals surface area contributed by atoms with Crippen LogP contribution in [0.2, 0.25) is 0 Å². The maximum absolute atomic E-state index is 3.75. The molecule has 0 amide bonds. The molecule has 2 nitrogen and oxygen atoms in total. The van der Waals surface area contributed by atoms with E-state index in [0.717, 1.165) is 8.95 Å². The van der Waals surface area contributed by atoms with Crippen molar-refractivity contribution in [2.75, 3.05) is 0 Å². The highest BCUT2D eigenvalue weighted by Crippen LogP contribution is 2.54.